The average molecular weight is 194 g/mol. The van der Waals surface area contributed by atoms with Gasteiger partial charge in [-0.3, -0.25) is 0 Å². The molecular formula is C10H14N2O2. The second-order valence-electron chi connectivity index (χ2n) is 3.52. The highest BCUT2D eigenvalue weighted by molar-refractivity contribution is 5.85. The van der Waals surface area contributed by atoms with Gasteiger partial charge >= 0.3 is 5.97 Å². The first-order chi connectivity index (χ1) is 6.72. The van der Waals surface area contributed by atoms with Gasteiger partial charge in [-0.1, -0.05) is 11.6 Å². The van der Waals surface area contributed by atoms with Crippen LogP contribution in [0.2, 0.25) is 0 Å². The van der Waals surface area contributed by atoms with E-state index in [4.69, 9.17) is 5.26 Å². The number of nitriles is 1. The van der Waals surface area contributed by atoms with Crippen LogP contribution >= 0.6 is 0 Å². The Morgan fingerprint density at radius 3 is 3.07 bits per heavy atom. The topological polar surface area (TPSA) is 62.4 Å². The monoisotopic (exact) mass is 194 g/mol. The van der Waals surface area contributed by atoms with Gasteiger partial charge < -0.3 is 4.84 Å². The number of hydrogen-bond donors (Lipinski definition) is 0. The number of hydrogen-bond acceptors (Lipinski definition) is 4. The van der Waals surface area contributed by atoms with Crippen molar-refractivity contribution in [2.24, 2.45) is 11.1 Å². The summed E-state index contributed by atoms with van der Waals surface area (Å²) in [5, 5.41) is 12.6. The highest BCUT2D eigenvalue weighted by atomic mass is 16.7. The lowest BCUT2D eigenvalue weighted by atomic mass is 10.0. The summed E-state index contributed by atoms with van der Waals surface area (Å²) in [6, 6.07) is 2.24. The molecule has 0 radical (unpaired) electrons. The Labute approximate surface area is 83.5 Å². The maximum absolute atomic E-state index is 10.5. The van der Waals surface area contributed by atoms with E-state index in [-0.39, 0.29) is 5.92 Å². The van der Waals surface area contributed by atoms with Crippen molar-refractivity contribution in [2.75, 3.05) is 0 Å². The van der Waals surface area contributed by atoms with Gasteiger partial charge in [0.2, 0.25) is 0 Å². The van der Waals surface area contributed by atoms with Crippen LogP contribution in [0.4, 0.5) is 0 Å². The lowest BCUT2D eigenvalue weighted by Crippen LogP contribution is -2.05. The fourth-order valence-electron chi connectivity index (χ4n) is 1.53. The van der Waals surface area contributed by atoms with Gasteiger partial charge in [0, 0.05) is 13.3 Å². The molecule has 14 heavy (non-hydrogen) atoms. The molecule has 0 aromatic rings. The Balaban J connectivity index is 2.55. The fourth-order valence-corrected chi connectivity index (χ4v) is 1.53. The van der Waals surface area contributed by atoms with Crippen molar-refractivity contribution in [1.29, 1.82) is 5.26 Å². The van der Waals surface area contributed by atoms with E-state index in [0.29, 0.717) is 6.42 Å². The average Bonchev–Trinajstić information content (AvgIpc) is 2.39. The summed E-state index contributed by atoms with van der Waals surface area (Å²) in [4.78, 5) is 15.1. The van der Waals surface area contributed by atoms with Gasteiger partial charge in [-0.15, -0.1) is 0 Å². The van der Waals surface area contributed by atoms with Crippen LogP contribution in [0, 0.1) is 17.2 Å². The molecule has 0 N–H and O–H groups in total. The zero-order valence-electron chi connectivity index (χ0n) is 8.32. The van der Waals surface area contributed by atoms with Gasteiger partial charge in [-0.05, 0) is 19.3 Å². The molecule has 4 heteroatoms. The summed E-state index contributed by atoms with van der Waals surface area (Å²) in [7, 11) is 0. The van der Waals surface area contributed by atoms with E-state index in [9.17, 15) is 4.79 Å². The first-order valence-electron chi connectivity index (χ1n) is 4.85. The van der Waals surface area contributed by atoms with Gasteiger partial charge in [0.05, 0.1) is 17.7 Å². The molecule has 0 aromatic carbocycles. The van der Waals surface area contributed by atoms with Crippen LogP contribution in [0.25, 0.3) is 0 Å². The van der Waals surface area contributed by atoms with Crippen molar-refractivity contribution < 1.29 is 9.63 Å². The molecule has 1 atom stereocenters. The molecule has 0 amide bonds. The zero-order valence-corrected chi connectivity index (χ0v) is 8.32. The Hall–Kier alpha value is -1.37. The van der Waals surface area contributed by atoms with Crippen LogP contribution in [-0.2, 0) is 9.63 Å². The molecule has 0 bridgehead atoms. The number of oxime groups is 1. The predicted octanol–water partition coefficient (Wildman–Crippen LogP) is 2.01. The van der Waals surface area contributed by atoms with Crippen LogP contribution in [0.5, 0.6) is 0 Å². The SMILES string of the molecule is CC(=O)O/N=C1\CCCCC(C#N)C1. The molecule has 0 saturated heterocycles. The first kappa shape index (κ1) is 10.7. The third kappa shape index (κ3) is 3.56. The molecule has 1 fully saturated rings. The van der Waals surface area contributed by atoms with E-state index in [1.165, 1.54) is 6.92 Å². The van der Waals surface area contributed by atoms with E-state index < -0.39 is 5.97 Å². The zero-order chi connectivity index (χ0) is 10.4. The third-order valence-corrected chi connectivity index (χ3v) is 2.24. The normalized spacial score (nSPS) is 25.1. The molecular weight excluding hydrogens is 180 g/mol. The molecule has 0 spiro atoms. The molecule has 0 aromatic heterocycles. The van der Waals surface area contributed by atoms with Crippen molar-refractivity contribution in [3.8, 4) is 6.07 Å². The summed E-state index contributed by atoms with van der Waals surface area (Å²) < 4.78 is 0. The standard InChI is InChI=1S/C10H14N2O2/c1-8(13)14-12-10-5-3-2-4-9(6-10)7-11/h9H,2-6H2,1H3/b12-10+. The Morgan fingerprint density at radius 2 is 2.43 bits per heavy atom. The lowest BCUT2D eigenvalue weighted by Gasteiger charge is -2.03. The third-order valence-electron chi connectivity index (χ3n) is 2.24. The van der Waals surface area contributed by atoms with Gasteiger partial charge in [0.1, 0.15) is 0 Å². The first-order valence-corrected chi connectivity index (χ1v) is 4.85. The van der Waals surface area contributed by atoms with E-state index in [2.05, 4.69) is 16.1 Å². The van der Waals surface area contributed by atoms with Crippen molar-refractivity contribution in [3.05, 3.63) is 0 Å². The van der Waals surface area contributed by atoms with E-state index in [1.807, 2.05) is 0 Å². The van der Waals surface area contributed by atoms with Gasteiger partial charge in [0.15, 0.2) is 0 Å². The largest absolute Gasteiger partial charge is 0.331 e. The van der Waals surface area contributed by atoms with Crippen LogP contribution in [0.15, 0.2) is 5.16 Å². The molecule has 1 unspecified atom stereocenters. The van der Waals surface area contributed by atoms with Gasteiger partial charge in [-0.2, -0.15) is 5.26 Å². The summed E-state index contributed by atoms with van der Waals surface area (Å²) in [6.07, 6.45) is 4.49. The maximum Gasteiger partial charge on any atom is 0.331 e. The minimum absolute atomic E-state index is 0.0341. The fraction of sp³-hybridized carbons (Fsp3) is 0.700. The van der Waals surface area contributed by atoms with E-state index in [0.717, 1.165) is 31.4 Å². The Morgan fingerprint density at radius 1 is 1.64 bits per heavy atom. The second-order valence-corrected chi connectivity index (χ2v) is 3.52. The van der Waals surface area contributed by atoms with E-state index >= 15 is 0 Å². The minimum atomic E-state index is -0.407. The molecule has 1 rings (SSSR count). The number of carbonyl (C=O) groups excluding carboxylic acids is 1. The molecule has 4 nitrogen and oxygen atoms in total. The van der Waals surface area contributed by atoms with Crippen LogP contribution < -0.4 is 0 Å². The summed E-state index contributed by atoms with van der Waals surface area (Å²) in [5.41, 5.74) is 0.837. The smallest absolute Gasteiger partial charge is 0.319 e. The Kier molecular flexibility index (Phi) is 4.11. The van der Waals surface area contributed by atoms with E-state index in [1.54, 1.807) is 0 Å². The molecule has 1 saturated carbocycles. The molecule has 0 aliphatic heterocycles. The van der Waals surface area contributed by atoms with Crippen LogP contribution in [0.3, 0.4) is 0 Å². The summed E-state index contributed by atoms with van der Waals surface area (Å²) in [5.74, 6) is -0.373. The molecule has 0 heterocycles. The summed E-state index contributed by atoms with van der Waals surface area (Å²) >= 11 is 0. The van der Waals surface area contributed by atoms with Crippen molar-refractivity contribution in [2.45, 2.75) is 39.0 Å². The van der Waals surface area contributed by atoms with Crippen molar-refractivity contribution >= 4 is 11.7 Å². The Bertz CT molecular complexity index is 278. The number of carbonyl (C=O) groups is 1. The summed E-state index contributed by atoms with van der Waals surface area (Å²) in [6.45, 7) is 1.32. The lowest BCUT2D eigenvalue weighted by molar-refractivity contribution is -0.140. The van der Waals surface area contributed by atoms with Crippen molar-refractivity contribution in [3.63, 3.8) is 0 Å². The maximum atomic E-state index is 10.5. The minimum Gasteiger partial charge on any atom is -0.319 e. The second kappa shape index (κ2) is 5.38. The van der Waals surface area contributed by atoms with Gasteiger partial charge in [-0.25, -0.2) is 4.79 Å². The van der Waals surface area contributed by atoms with Crippen LogP contribution in [0.1, 0.15) is 39.0 Å². The van der Waals surface area contributed by atoms with Gasteiger partial charge in [0.25, 0.3) is 0 Å². The highest BCUT2D eigenvalue weighted by Gasteiger charge is 2.16. The number of rotatable bonds is 1. The van der Waals surface area contributed by atoms with Crippen molar-refractivity contribution in [1.82, 2.24) is 0 Å². The molecule has 1 aliphatic rings. The molecule has 1 aliphatic carbocycles. The molecule has 76 valence electrons. The van der Waals surface area contributed by atoms with Crippen LogP contribution in [-0.4, -0.2) is 11.7 Å². The highest BCUT2D eigenvalue weighted by Crippen LogP contribution is 2.20. The predicted molar refractivity (Wildman–Crippen MR) is 51.4 cm³/mol. The number of nitrogens with zero attached hydrogens (tertiary/aromatic N) is 2. The quantitative estimate of drug-likeness (QED) is 0.364.